The van der Waals surface area contributed by atoms with Gasteiger partial charge in [-0.2, -0.15) is 0 Å². The molecule has 0 amide bonds. The molecule has 0 aromatic rings. The molecule has 1 radical (unpaired) electrons. The SMILES string of the molecule is C1CNC(C2=NCCN2)=N1.C1CNC(C2=NCCN2)=N1.C1CNC(C2=NCCN2)=N1.[Co+2].[O-][Cl+3]([O-])([O-])[O-].[O-][Cl+3]([O-])([O-])[O-]. The molecule has 20 nitrogen and oxygen atoms in total. The maximum absolute atomic E-state index is 8.49. The third-order valence-electron chi connectivity index (χ3n) is 4.72. The zero-order valence-electron chi connectivity index (χ0n) is 21.5. The summed E-state index contributed by atoms with van der Waals surface area (Å²) in [4.78, 5) is 25.4. The van der Waals surface area contributed by atoms with Gasteiger partial charge in [0, 0.05) is 39.3 Å². The summed E-state index contributed by atoms with van der Waals surface area (Å²) in [5, 5.41) is 18.9. The van der Waals surface area contributed by atoms with E-state index in [0.717, 1.165) is 114 Å². The second kappa shape index (κ2) is 18.9. The van der Waals surface area contributed by atoms with E-state index >= 15 is 0 Å². The van der Waals surface area contributed by atoms with Gasteiger partial charge in [-0.15, -0.1) is 20.5 Å². The van der Waals surface area contributed by atoms with E-state index in [9.17, 15) is 0 Å². The van der Waals surface area contributed by atoms with Crippen molar-refractivity contribution in [2.75, 3.05) is 78.5 Å². The van der Waals surface area contributed by atoms with Crippen molar-refractivity contribution in [3.8, 4) is 0 Å². The normalized spacial score (nSPS) is 19.9. The number of rotatable bonds is 3. The first-order chi connectivity index (χ1) is 18.9. The van der Waals surface area contributed by atoms with Gasteiger partial charge in [0.25, 0.3) is 0 Å². The number of aliphatic imine (C=N–C) groups is 6. The van der Waals surface area contributed by atoms with E-state index in [-0.39, 0.29) is 16.8 Å². The van der Waals surface area contributed by atoms with Crippen LogP contribution in [0.1, 0.15) is 0 Å². The van der Waals surface area contributed by atoms with Gasteiger partial charge in [-0.25, -0.2) is 37.3 Å². The quantitative estimate of drug-likeness (QED) is 0.162. The number of amidine groups is 6. The fourth-order valence-corrected chi connectivity index (χ4v) is 3.34. The molecule has 0 aromatic heterocycles. The average Bonchev–Trinajstić information content (AvgIpc) is 3.73. The third-order valence-corrected chi connectivity index (χ3v) is 4.72. The largest absolute Gasteiger partial charge is 2.00 e. The molecule has 6 heterocycles. The summed E-state index contributed by atoms with van der Waals surface area (Å²) in [5.41, 5.74) is 0. The van der Waals surface area contributed by atoms with E-state index in [2.05, 4.69) is 61.9 Å². The Kier molecular flexibility index (Phi) is 16.9. The Balaban J connectivity index is 0.000000264. The summed E-state index contributed by atoms with van der Waals surface area (Å²) < 4.78 is 67.9. The molecule has 0 fully saturated rings. The Bertz CT molecular complexity index is 806. The van der Waals surface area contributed by atoms with Crippen LogP contribution in [-0.4, -0.2) is 114 Å². The number of hydrogen-bond acceptors (Lipinski definition) is 20. The van der Waals surface area contributed by atoms with Crippen LogP contribution < -0.4 is 69.2 Å². The Hall–Kier alpha value is -2.41. The van der Waals surface area contributed by atoms with Crippen LogP contribution in [0.3, 0.4) is 0 Å². The van der Waals surface area contributed by atoms with Crippen LogP contribution in [-0.2, 0) is 16.8 Å². The number of nitrogens with one attached hydrogen (secondary N) is 6. The first kappa shape index (κ1) is 36.6. The molecule has 6 aliphatic heterocycles. The van der Waals surface area contributed by atoms with Crippen LogP contribution in [0.4, 0.5) is 0 Å². The predicted molar refractivity (Wildman–Crippen MR) is 122 cm³/mol. The molecule has 233 valence electrons. The van der Waals surface area contributed by atoms with E-state index in [1.807, 2.05) is 0 Å². The summed E-state index contributed by atoms with van der Waals surface area (Å²) in [6.07, 6.45) is 0. The predicted octanol–water partition coefficient (Wildman–Crippen LogP) is -12.5. The maximum Gasteiger partial charge on any atom is 2.00 e. The summed E-state index contributed by atoms with van der Waals surface area (Å²) in [7, 11) is -9.89. The second-order valence-electron chi connectivity index (χ2n) is 7.70. The number of nitrogens with zero attached hydrogens (tertiary/aromatic N) is 6. The monoisotopic (exact) mass is 671 g/mol. The van der Waals surface area contributed by atoms with Gasteiger partial charge < -0.3 is 31.9 Å². The van der Waals surface area contributed by atoms with E-state index in [0.29, 0.717) is 0 Å². The molecule has 6 aliphatic rings. The van der Waals surface area contributed by atoms with Crippen molar-refractivity contribution in [2.45, 2.75) is 0 Å². The minimum Gasteiger partial charge on any atom is -0.365 e. The molecular formula is C18H30Cl2CoN12O8. The first-order valence-electron chi connectivity index (χ1n) is 11.8. The molecule has 0 atom stereocenters. The molecule has 0 aromatic carbocycles. The van der Waals surface area contributed by atoms with Gasteiger partial charge >= 0.3 is 16.8 Å². The van der Waals surface area contributed by atoms with Crippen LogP contribution in [0.25, 0.3) is 0 Å². The van der Waals surface area contributed by atoms with Crippen molar-refractivity contribution in [3.05, 3.63) is 0 Å². The van der Waals surface area contributed by atoms with Crippen molar-refractivity contribution in [3.63, 3.8) is 0 Å². The van der Waals surface area contributed by atoms with E-state index < -0.39 is 20.5 Å². The van der Waals surface area contributed by atoms with Crippen molar-refractivity contribution in [2.24, 2.45) is 30.0 Å². The smallest absolute Gasteiger partial charge is 0.365 e. The van der Waals surface area contributed by atoms with E-state index in [4.69, 9.17) is 37.3 Å². The Morgan fingerprint density at radius 3 is 0.537 bits per heavy atom. The minimum atomic E-state index is -4.94. The fraction of sp³-hybridized carbons (Fsp3) is 0.667. The topological polar surface area (TPSA) is 331 Å². The molecule has 23 heteroatoms. The van der Waals surface area contributed by atoms with Crippen molar-refractivity contribution < 1.29 is 74.5 Å². The minimum absolute atomic E-state index is 0. The molecule has 41 heavy (non-hydrogen) atoms. The molecule has 6 N–H and O–H groups in total. The summed E-state index contributed by atoms with van der Waals surface area (Å²) in [5.74, 6) is 5.65. The van der Waals surface area contributed by atoms with Gasteiger partial charge in [0.15, 0.2) is 35.0 Å². The van der Waals surface area contributed by atoms with Gasteiger partial charge in [-0.3, -0.25) is 30.0 Å². The number of hydrogen-bond donors (Lipinski definition) is 6. The van der Waals surface area contributed by atoms with Gasteiger partial charge in [-0.1, -0.05) is 0 Å². The van der Waals surface area contributed by atoms with Crippen molar-refractivity contribution in [1.82, 2.24) is 31.9 Å². The number of halogens is 2. The van der Waals surface area contributed by atoms with Crippen LogP contribution >= 0.6 is 0 Å². The maximum atomic E-state index is 8.49. The second-order valence-corrected chi connectivity index (χ2v) is 9.21. The van der Waals surface area contributed by atoms with Crippen LogP contribution in [0.15, 0.2) is 30.0 Å². The fourth-order valence-electron chi connectivity index (χ4n) is 3.34. The van der Waals surface area contributed by atoms with Crippen LogP contribution in [0.5, 0.6) is 0 Å². The van der Waals surface area contributed by atoms with Crippen LogP contribution in [0.2, 0.25) is 0 Å². The molecular weight excluding hydrogens is 642 g/mol. The molecule has 0 aliphatic carbocycles. The van der Waals surface area contributed by atoms with Gasteiger partial charge in [0.2, 0.25) is 0 Å². The zero-order chi connectivity index (χ0) is 29.4. The molecule has 0 saturated heterocycles. The average molecular weight is 672 g/mol. The molecule has 0 bridgehead atoms. The first-order valence-corrected chi connectivity index (χ1v) is 14.3. The van der Waals surface area contributed by atoms with Gasteiger partial charge in [0.1, 0.15) is 0 Å². The zero-order valence-corrected chi connectivity index (χ0v) is 24.1. The summed E-state index contributed by atoms with van der Waals surface area (Å²) in [6, 6.07) is 0. The Labute approximate surface area is 249 Å². The Morgan fingerprint density at radius 2 is 0.463 bits per heavy atom. The van der Waals surface area contributed by atoms with E-state index in [1.165, 1.54) is 0 Å². The van der Waals surface area contributed by atoms with Crippen LogP contribution in [0, 0.1) is 20.5 Å². The molecule has 6 rings (SSSR count). The van der Waals surface area contributed by atoms with Gasteiger partial charge in [-0.05, 0) is 0 Å². The van der Waals surface area contributed by atoms with Gasteiger partial charge in [0.05, 0.1) is 39.3 Å². The summed E-state index contributed by atoms with van der Waals surface area (Å²) >= 11 is 0. The Morgan fingerprint density at radius 1 is 0.341 bits per heavy atom. The summed E-state index contributed by atoms with van der Waals surface area (Å²) in [6.45, 7) is 11.0. The molecule has 0 unspecified atom stereocenters. The van der Waals surface area contributed by atoms with Crippen molar-refractivity contribution in [1.29, 1.82) is 0 Å². The third kappa shape index (κ3) is 17.9. The molecule has 0 saturated carbocycles. The van der Waals surface area contributed by atoms with E-state index in [1.54, 1.807) is 0 Å². The van der Waals surface area contributed by atoms with Crippen molar-refractivity contribution >= 4 is 35.0 Å². The molecule has 0 spiro atoms. The standard InChI is InChI=1S/3C6H10N4.2ClHO4.Co/c3*1-2-8-5(7-1)6-9-3-4-10-6;2*2-1(3,4)5;/h3*1-4H2,(H,7,8)(H,9,10);2*(H,2,3,4,5);/q;;;;;+2/p-2.